The second kappa shape index (κ2) is 6.22. The van der Waals surface area contributed by atoms with E-state index in [1.165, 1.54) is 11.1 Å². The fraction of sp³-hybridized carbons (Fsp3) is 0.250. The molecule has 0 spiro atoms. The van der Waals surface area contributed by atoms with Crippen molar-refractivity contribution in [3.05, 3.63) is 65.7 Å². The van der Waals surface area contributed by atoms with E-state index in [4.69, 9.17) is 5.73 Å². The highest BCUT2D eigenvalue weighted by atomic mass is 15.1. The van der Waals surface area contributed by atoms with E-state index in [2.05, 4.69) is 48.3 Å². The molecule has 0 saturated carbocycles. The summed E-state index contributed by atoms with van der Waals surface area (Å²) in [5.74, 6) is 0. The molecule has 0 atom stereocenters. The Bertz CT molecular complexity index is 479. The highest BCUT2D eigenvalue weighted by Gasteiger charge is 2.01. The molecule has 0 unspecified atom stereocenters. The molecule has 2 aromatic rings. The first-order valence-electron chi connectivity index (χ1n) is 6.31. The number of nitrogens with zero attached hydrogens (tertiary/aromatic N) is 1. The van der Waals surface area contributed by atoms with Gasteiger partial charge < -0.3 is 10.6 Å². The Morgan fingerprint density at radius 3 is 2.39 bits per heavy atom. The molecule has 2 heteroatoms. The number of likely N-dealkylation sites (N-methyl/N-ethyl adjacent to an activating group) is 1. The van der Waals surface area contributed by atoms with Crippen LogP contribution in [0.4, 0.5) is 5.69 Å². The molecule has 0 aromatic heterocycles. The number of hydrogen-bond donors (Lipinski definition) is 1. The highest BCUT2D eigenvalue weighted by Crippen LogP contribution is 2.09. The van der Waals surface area contributed by atoms with Gasteiger partial charge in [-0.25, -0.2) is 0 Å². The van der Waals surface area contributed by atoms with Gasteiger partial charge in [0.15, 0.2) is 0 Å². The molecular formula is C16H20N2. The van der Waals surface area contributed by atoms with E-state index < -0.39 is 0 Å². The third kappa shape index (κ3) is 3.90. The van der Waals surface area contributed by atoms with Gasteiger partial charge in [0, 0.05) is 18.8 Å². The van der Waals surface area contributed by atoms with Crippen LogP contribution in [0.2, 0.25) is 0 Å². The quantitative estimate of drug-likeness (QED) is 0.814. The highest BCUT2D eigenvalue weighted by molar-refractivity contribution is 5.40. The predicted octanol–water partition coefficient (Wildman–Crippen LogP) is 2.94. The minimum atomic E-state index is 0.837. The van der Waals surface area contributed by atoms with Crippen molar-refractivity contribution in [1.29, 1.82) is 0 Å². The third-order valence-electron chi connectivity index (χ3n) is 3.03. The lowest BCUT2D eigenvalue weighted by atomic mass is 10.1. The van der Waals surface area contributed by atoms with E-state index in [-0.39, 0.29) is 0 Å². The molecule has 0 aliphatic carbocycles. The van der Waals surface area contributed by atoms with Gasteiger partial charge in [0.2, 0.25) is 0 Å². The van der Waals surface area contributed by atoms with Crippen LogP contribution in [0.25, 0.3) is 0 Å². The normalized spacial score (nSPS) is 10.8. The van der Waals surface area contributed by atoms with Crippen molar-refractivity contribution in [3.63, 3.8) is 0 Å². The molecular weight excluding hydrogens is 220 g/mol. The van der Waals surface area contributed by atoms with Gasteiger partial charge in [0.1, 0.15) is 0 Å². The van der Waals surface area contributed by atoms with E-state index in [9.17, 15) is 0 Å². The Morgan fingerprint density at radius 1 is 0.944 bits per heavy atom. The van der Waals surface area contributed by atoms with Crippen LogP contribution in [-0.4, -0.2) is 18.5 Å². The van der Waals surface area contributed by atoms with E-state index in [0.29, 0.717) is 0 Å². The van der Waals surface area contributed by atoms with E-state index in [1.807, 2.05) is 18.2 Å². The maximum Gasteiger partial charge on any atom is 0.0317 e. The van der Waals surface area contributed by atoms with Crippen LogP contribution in [0.15, 0.2) is 54.6 Å². The number of benzene rings is 2. The van der Waals surface area contributed by atoms with Crippen LogP contribution in [0.5, 0.6) is 0 Å². The lowest BCUT2D eigenvalue weighted by Crippen LogP contribution is -2.20. The van der Waals surface area contributed by atoms with Crippen LogP contribution < -0.4 is 5.73 Å². The summed E-state index contributed by atoms with van der Waals surface area (Å²) in [5, 5.41) is 0. The number of rotatable bonds is 5. The molecule has 2 rings (SSSR count). The molecule has 18 heavy (non-hydrogen) atoms. The maximum atomic E-state index is 5.78. The summed E-state index contributed by atoms with van der Waals surface area (Å²) in [6.07, 6.45) is 1.08. The first-order valence-corrected chi connectivity index (χ1v) is 6.31. The summed E-state index contributed by atoms with van der Waals surface area (Å²) in [4.78, 5) is 2.32. The molecule has 2 nitrogen and oxygen atoms in total. The Balaban J connectivity index is 1.84. The summed E-state index contributed by atoms with van der Waals surface area (Å²) in [7, 11) is 2.14. The molecule has 0 saturated heterocycles. The van der Waals surface area contributed by atoms with Gasteiger partial charge in [0.25, 0.3) is 0 Å². The Labute approximate surface area is 109 Å². The monoisotopic (exact) mass is 240 g/mol. The SMILES string of the molecule is CN(CCc1ccccc1)Cc1cccc(N)c1. The van der Waals surface area contributed by atoms with Crippen LogP contribution >= 0.6 is 0 Å². The minimum Gasteiger partial charge on any atom is -0.399 e. The fourth-order valence-corrected chi connectivity index (χ4v) is 2.05. The predicted molar refractivity (Wildman–Crippen MR) is 77.3 cm³/mol. The number of nitrogen functional groups attached to an aromatic ring is 1. The summed E-state index contributed by atoms with van der Waals surface area (Å²) in [6, 6.07) is 18.7. The minimum absolute atomic E-state index is 0.837. The summed E-state index contributed by atoms with van der Waals surface area (Å²) >= 11 is 0. The lowest BCUT2D eigenvalue weighted by Gasteiger charge is -2.16. The van der Waals surface area contributed by atoms with E-state index in [1.54, 1.807) is 0 Å². The smallest absolute Gasteiger partial charge is 0.0317 e. The second-order valence-electron chi connectivity index (χ2n) is 4.72. The molecule has 0 aliphatic heterocycles. The van der Waals surface area contributed by atoms with Gasteiger partial charge >= 0.3 is 0 Å². The van der Waals surface area contributed by atoms with Gasteiger partial charge in [-0.3, -0.25) is 0 Å². The molecule has 0 radical (unpaired) electrons. The summed E-state index contributed by atoms with van der Waals surface area (Å²) in [6.45, 7) is 2.00. The molecule has 2 aromatic carbocycles. The lowest BCUT2D eigenvalue weighted by molar-refractivity contribution is 0.331. The van der Waals surface area contributed by atoms with E-state index in [0.717, 1.165) is 25.2 Å². The maximum absolute atomic E-state index is 5.78. The van der Waals surface area contributed by atoms with Gasteiger partial charge in [-0.15, -0.1) is 0 Å². The molecule has 0 bridgehead atoms. The fourth-order valence-electron chi connectivity index (χ4n) is 2.05. The van der Waals surface area contributed by atoms with Crippen LogP contribution in [0.1, 0.15) is 11.1 Å². The average molecular weight is 240 g/mol. The van der Waals surface area contributed by atoms with Crippen molar-refractivity contribution < 1.29 is 0 Å². The van der Waals surface area contributed by atoms with Crippen LogP contribution in [-0.2, 0) is 13.0 Å². The van der Waals surface area contributed by atoms with Crippen molar-refractivity contribution >= 4 is 5.69 Å². The average Bonchev–Trinajstić information content (AvgIpc) is 2.38. The summed E-state index contributed by atoms with van der Waals surface area (Å²) < 4.78 is 0. The molecule has 0 heterocycles. The van der Waals surface area contributed by atoms with Gasteiger partial charge in [0.05, 0.1) is 0 Å². The summed E-state index contributed by atoms with van der Waals surface area (Å²) in [5.41, 5.74) is 9.27. The van der Waals surface area contributed by atoms with Gasteiger partial charge in [-0.1, -0.05) is 42.5 Å². The number of hydrogen-bond acceptors (Lipinski definition) is 2. The number of anilines is 1. The molecule has 0 aliphatic rings. The van der Waals surface area contributed by atoms with Crippen molar-refractivity contribution in [2.45, 2.75) is 13.0 Å². The largest absolute Gasteiger partial charge is 0.399 e. The zero-order valence-corrected chi connectivity index (χ0v) is 10.8. The zero-order chi connectivity index (χ0) is 12.8. The Hall–Kier alpha value is -1.80. The molecule has 2 N–H and O–H groups in total. The van der Waals surface area contributed by atoms with Gasteiger partial charge in [-0.2, -0.15) is 0 Å². The Morgan fingerprint density at radius 2 is 1.67 bits per heavy atom. The van der Waals surface area contributed by atoms with Crippen LogP contribution in [0, 0.1) is 0 Å². The van der Waals surface area contributed by atoms with Crippen molar-refractivity contribution in [3.8, 4) is 0 Å². The number of nitrogens with two attached hydrogens (primary N) is 1. The second-order valence-corrected chi connectivity index (χ2v) is 4.72. The van der Waals surface area contributed by atoms with Crippen LogP contribution in [0.3, 0.4) is 0 Å². The molecule has 0 fully saturated rings. The first kappa shape index (κ1) is 12.7. The van der Waals surface area contributed by atoms with Crippen molar-refractivity contribution in [2.24, 2.45) is 0 Å². The van der Waals surface area contributed by atoms with Gasteiger partial charge in [-0.05, 0) is 36.7 Å². The zero-order valence-electron chi connectivity index (χ0n) is 10.8. The van der Waals surface area contributed by atoms with Crippen molar-refractivity contribution in [1.82, 2.24) is 4.90 Å². The third-order valence-corrected chi connectivity index (χ3v) is 3.03. The van der Waals surface area contributed by atoms with E-state index >= 15 is 0 Å². The first-order chi connectivity index (χ1) is 8.74. The Kier molecular flexibility index (Phi) is 4.37. The molecule has 0 amide bonds. The van der Waals surface area contributed by atoms with Crippen molar-refractivity contribution in [2.75, 3.05) is 19.3 Å². The topological polar surface area (TPSA) is 29.3 Å². The molecule has 94 valence electrons. The standard InChI is InChI=1S/C16H20N2/c1-18(11-10-14-6-3-2-4-7-14)13-15-8-5-9-16(17)12-15/h2-9,12H,10-11,13,17H2,1H3.